The normalized spacial score (nSPS) is 11.5. The van der Waals surface area contributed by atoms with Crippen LogP contribution in [0.15, 0.2) is 23.7 Å². The van der Waals surface area contributed by atoms with Crippen LogP contribution in [0.25, 0.3) is 0 Å². The third-order valence-corrected chi connectivity index (χ3v) is 2.49. The molecule has 96 valence electrons. The highest BCUT2D eigenvalue weighted by molar-refractivity contribution is 5.79. The second-order valence-corrected chi connectivity index (χ2v) is 3.93. The van der Waals surface area contributed by atoms with E-state index in [1.807, 2.05) is 12.5 Å². The standard InChI is InChI=1S/C12H23N5/c1-3-4-6-15-12(13-2)16-7-5-9-17-10-8-14-11-17/h8,10-11H,3-7,9H2,1-2H3,(H2,13,15,16). The van der Waals surface area contributed by atoms with Crippen molar-refractivity contribution < 1.29 is 0 Å². The lowest BCUT2D eigenvalue weighted by Gasteiger charge is -2.11. The third kappa shape index (κ3) is 5.94. The van der Waals surface area contributed by atoms with Crippen molar-refractivity contribution in [2.45, 2.75) is 32.7 Å². The van der Waals surface area contributed by atoms with E-state index in [0.29, 0.717) is 0 Å². The molecule has 17 heavy (non-hydrogen) atoms. The number of aryl methyl sites for hydroxylation is 1. The molecule has 0 saturated heterocycles. The van der Waals surface area contributed by atoms with E-state index in [1.165, 1.54) is 12.8 Å². The molecule has 0 atom stereocenters. The Labute approximate surface area is 103 Å². The minimum absolute atomic E-state index is 0.893. The number of rotatable bonds is 7. The van der Waals surface area contributed by atoms with Crippen molar-refractivity contribution in [2.75, 3.05) is 20.1 Å². The van der Waals surface area contributed by atoms with E-state index >= 15 is 0 Å². The maximum Gasteiger partial charge on any atom is 0.190 e. The first-order valence-corrected chi connectivity index (χ1v) is 6.27. The van der Waals surface area contributed by atoms with Gasteiger partial charge in [-0.15, -0.1) is 0 Å². The minimum Gasteiger partial charge on any atom is -0.356 e. The number of aliphatic imine (C=N–C) groups is 1. The fourth-order valence-corrected chi connectivity index (χ4v) is 1.49. The van der Waals surface area contributed by atoms with Gasteiger partial charge < -0.3 is 15.2 Å². The summed E-state index contributed by atoms with van der Waals surface area (Å²) in [6.07, 6.45) is 9.06. The van der Waals surface area contributed by atoms with Crippen molar-refractivity contribution in [2.24, 2.45) is 4.99 Å². The summed E-state index contributed by atoms with van der Waals surface area (Å²) in [5.41, 5.74) is 0. The molecule has 5 nitrogen and oxygen atoms in total. The van der Waals surface area contributed by atoms with Gasteiger partial charge in [0.15, 0.2) is 5.96 Å². The zero-order chi connectivity index (χ0) is 12.3. The van der Waals surface area contributed by atoms with Crippen LogP contribution >= 0.6 is 0 Å². The lowest BCUT2D eigenvalue weighted by atomic mass is 10.3. The van der Waals surface area contributed by atoms with Crippen LogP contribution in [0.2, 0.25) is 0 Å². The molecule has 1 heterocycles. The first kappa shape index (κ1) is 13.5. The Morgan fingerprint density at radius 2 is 2.06 bits per heavy atom. The molecule has 0 amide bonds. The molecule has 0 aromatic carbocycles. The molecular formula is C12H23N5. The number of imidazole rings is 1. The van der Waals surface area contributed by atoms with Gasteiger partial charge in [-0.05, 0) is 12.8 Å². The predicted molar refractivity (Wildman–Crippen MR) is 71.1 cm³/mol. The van der Waals surface area contributed by atoms with Gasteiger partial charge in [-0.25, -0.2) is 4.98 Å². The summed E-state index contributed by atoms with van der Waals surface area (Å²) in [6.45, 7) is 5.07. The summed E-state index contributed by atoms with van der Waals surface area (Å²) in [5.74, 6) is 0.893. The Kier molecular flexibility index (Phi) is 6.86. The highest BCUT2D eigenvalue weighted by Crippen LogP contribution is 1.89. The van der Waals surface area contributed by atoms with Gasteiger partial charge in [-0.2, -0.15) is 0 Å². The molecule has 0 fully saturated rings. The summed E-state index contributed by atoms with van der Waals surface area (Å²) < 4.78 is 2.08. The quantitative estimate of drug-likeness (QED) is 0.426. The first-order valence-electron chi connectivity index (χ1n) is 6.27. The summed E-state index contributed by atoms with van der Waals surface area (Å²) >= 11 is 0. The Bertz CT molecular complexity index is 305. The lowest BCUT2D eigenvalue weighted by Crippen LogP contribution is -2.38. The number of guanidine groups is 1. The fourth-order valence-electron chi connectivity index (χ4n) is 1.49. The topological polar surface area (TPSA) is 54.2 Å². The molecule has 0 radical (unpaired) electrons. The van der Waals surface area contributed by atoms with Crippen LogP contribution < -0.4 is 10.6 Å². The molecule has 0 unspecified atom stereocenters. The fraction of sp³-hybridized carbons (Fsp3) is 0.667. The average molecular weight is 237 g/mol. The lowest BCUT2D eigenvalue weighted by molar-refractivity contribution is 0.623. The molecule has 0 aliphatic rings. The monoisotopic (exact) mass is 237 g/mol. The Morgan fingerprint density at radius 3 is 2.65 bits per heavy atom. The maximum absolute atomic E-state index is 4.17. The molecule has 2 N–H and O–H groups in total. The van der Waals surface area contributed by atoms with Crippen molar-refractivity contribution in [1.82, 2.24) is 20.2 Å². The molecule has 1 aromatic rings. The van der Waals surface area contributed by atoms with Gasteiger partial charge in [-0.3, -0.25) is 4.99 Å². The van der Waals surface area contributed by atoms with Gasteiger partial charge in [0, 0.05) is 39.1 Å². The zero-order valence-electron chi connectivity index (χ0n) is 10.8. The number of hydrogen-bond donors (Lipinski definition) is 2. The molecule has 5 heteroatoms. The number of nitrogens with one attached hydrogen (secondary N) is 2. The third-order valence-electron chi connectivity index (χ3n) is 2.49. The SMILES string of the molecule is CCCCNC(=NC)NCCCn1ccnc1. The highest BCUT2D eigenvalue weighted by atomic mass is 15.2. The number of aromatic nitrogens is 2. The second-order valence-electron chi connectivity index (χ2n) is 3.93. The smallest absolute Gasteiger partial charge is 0.190 e. The Hall–Kier alpha value is -1.52. The molecule has 0 aliphatic carbocycles. The van der Waals surface area contributed by atoms with Crippen LogP contribution in [0, 0.1) is 0 Å². The highest BCUT2D eigenvalue weighted by Gasteiger charge is 1.96. The van der Waals surface area contributed by atoms with Gasteiger partial charge in [-0.1, -0.05) is 13.3 Å². The predicted octanol–water partition coefficient (Wildman–Crippen LogP) is 1.24. The average Bonchev–Trinajstić information content (AvgIpc) is 2.85. The van der Waals surface area contributed by atoms with Gasteiger partial charge in [0.05, 0.1) is 6.33 Å². The van der Waals surface area contributed by atoms with Crippen molar-refractivity contribution in [3.63, 3.8) is 0 Å². The van der Waals surface area contributed by atoms with E-state index in [-0.39, 0.29) is 0 Å². The van der Waals surface area contributed by atoms with Crippen LogP contribution in [0.5, 0.6) is 0 Å². The maximum atomic E-state index is 4.17. The summed E-state index contributed by atoms with van der Waals surface area (Å²) in [4.78, 5) is 8.18. The van der Waals surface area contributed by atoms with Crippen LogP contribution in [0.4, 0.5) is 0 Å². The summed E-state index contributed by atoms with van der Waals surface area (Å²) in [6, 6.07) is 0. The van der Waals surface area contributed by atoms with Crippen LogP contribution in [0.3, 0.4) is 0 Å². The number of nitrogens with zero attached hydrogens (tertiary/aromatic N) is 3. The molecule has 1 aromatic heterocycles. The summed E-state index contributed by atoms with van der Waals surface area (Å²) in [7, 11) is 1.80. The molecule has 0 aliphatic heterocycles. The van der Waals surface area contributed by atoms with E-state index in [4.69, 9.17) is 0 Å². The van der Waals surface area contributed by atoms with Crippen molar-refractivity contribution in [1.29, 1.82) is 0 Å². The van der Waals surface area contributed by atoms with Crippen molar-refractivity contribution in [3.05, 3.63) is 18.7 Å². The number of unbranched alkanes of at least 4 members (excludes halogenated alkanes) is 1. The van der Waals surface area contributed by atoms with E-state index in [0.717, 1.165) is 32.0 Å². The van der Waals surface area contributed by atoms with Gasteiger partial charge in [0.1, 0.15) is 0 Å². The van der Waals surface area contributed by atoms with E-state index in [2.05, 4.69) is 32.1 Å². The Balaban J connectivity index is 2.07. The van der Waals surface area contributed by atoms with E-state index in [1.54, 1.807) is 13.2 Å². The van der Waals surface area contributed by atoms with Crippen LogP contribution in [0.1, 0.15) is 26.2 Å². The largest absolute Gasteiger partial charge is 0.356 e. The van der Waals surface area contributed by atoms with Crippen LogP contribution in [-0.2, 0) is 6.54 Å². The molecule has 0 bridgehead atoms. The molecular weight excluding hydrogens is 214 g/mol. The van der Waals surface area contributed by atoms with Crippen molar-refractivity contribution in [3.8, 4) is 0 Å². The second kappa shape index (κ2) is 8.61. The Morgan fingerprint density at radius 1 is 1.29 bits per heavy atom. The van der Waals surface area contributed by atoms with Gasteiger partial charge >= 0.3 is 0 Å². The van der Waals surface area contributed by atoms with Gasteiger partial charge in [0.25, 0.3) is 0 Å². The first-order chi connectivity index (χ1) is 8.36. The zero-order valence-corrected chi connectivity index (χ0v) is 10.8. The minimum atomic E-state index is 0.893. The molecule has 1 rings (SSSR count). The summed E-state index contributed by atoms with van der Waals surface area (Å²) in [5, 5.41) is 6.58. The molecule has 0 spiro atoms. The van der Waals surface area contributed by atoms with E-state index < -0.39 is 0 Å². The molecule has 0 saturated carbocycles. The van der Waals surface area contributed by atoms with Crippen molar-refractivity contribution >= 4 is 5.96 Å². The van der Waals surface area contributed by atoms with Gasteiger partial charge in [0.2, 0.25) is 0 Å². The number of hydrogen-bond acceptors (Lipinski definition) is 2. The van der Waals surface area contributed by atoms with E-state index in [9.17, 15) is 0 Å². The van der Waals surface area contributed by atoms with Crippen LogP contribution in [-0.4, -0.2) is 35.6 Å².